The highest BCUT2D eigenvalue weighted by Gasteiger charge is 2.36. The van der Waals surface area contributed by atoms with Crippen LogP contribution in [0, 0.1) is 5.92 Å². The minimum Gasteiger partial charge on any atom is -0.480 e. The van der Waals surface area contributed by atoms with Crippen LogP contribution >= 0.6 is 0 Å². The fraction of sp³-hybridized carbons (Fsp3) is 0.786. The molecule has 0 spiro atoms. The number of aliphatic carboxylic acids is 1. The number of carboxylic acid groups (broad SMARTS) is 1. The van der Waals surface area contributed by atoms with E-state index in [1.165, 1.54) is 4.90 Å². The van der Waals surface area contributed by atoms with Gasteiger partial charge in [0.05, 0.1) is 0 Å². The molecule has 3 amide bonds. The Hall–Kier alpha value is -1.79. The summed E-state index contributed by atoms with van der Waals surface area (Å²) in [6.45, 7) is 4.00. The van der Waals surface area contributed by atoms with Crippen LogP contribution in [-0.4, -0.2) is 52.6 Å². The van der Waals surface area contributed by atoms with Gasteiger partial charge in [0.2, 0.25) is 5.91 Å². The fourth-order valence-electron chi connectivity index (χ4n) is 2.51. The maximum absolute atomic E-state index is 12.2. The van der Waals surface area contributed by atoms with Crippen molar-refractivity contribution in [2.75, 3.05) is 6.54 Å². The van der Waals surface area contributed by atoms with E-state index < -0.39 is 24.1 Å². The van der Waals surface area contributed by atoms with E-state index in [1.54, 1.807) is 6.92 Å². The molecule has 2 rings (SSSR count). The molecule has 7 heteroatoms. The molecule has 3 unspecified atom stereocenters. The molecule has 0 radical (unpaired) electrons. The predicted octanol–water partition coefficient (Wildman–Crippen LogP) is 0.548. The van der Waals surface area contributed by atoms with Crippen molar-refractivity contribution in [1.82, 2.24) is 15.5 Å². The third-order valence-electron chi connectivity index (χ3n) is 4.07. The van der Waals surface area contributed by atoms with Crippen LogP contribution in [-0.2, 0) is 9.59 Å². The molecule has 7 nitrogen and oxygen atoms in total. The number of piperidine rings is 1. The summed E-state index contributed by atoms with van der Waals surface area (Å²) in [7, 11) is 0. The zero-order valence-corrected chi connectivity index (χ0v) is 12.5. The summed E-state index contributed by atoms with van der Waals surface area (Å²) in [4.78, 5) is 36.6. The molecule has 1 aliphatic carbocycles. The maximum atomic E-state index is 12.2. The Bertz CT molecular complexity index is 436. The van der Waals surface area contributed by atoms with Crippen molar-refractivity contribution in [3.8, 4) is 0 Å². The first kappa shape index (κ1) is 15.6. The van der Waals surface area contributed by atoms with Crippen LogP contribution in [0.25, 0.3) is 0 Å². The number of carboxylic acids is 1. The number of hydrogen-bond acceptors (Lipinski definition) is 3. The van der Waals surface area contributed by atoms with Crippen LogP contribution in [0.3, 0.4) is 0 Å². The Morgan fingerprint density at radius 2 is 1.90 bits per heavy atom. The van der Waals surface area contributed by atoms with E-state index >= 15 is 0 Å². The Kier molecular flexibility index (Phi) is 4.69. The molecule has 1 saturated heterocycles. The quantitative estimate of drug-likeness (QED) is 0.705. The molecule has 118 valence electrons. The van der Waals surface area contributed by atoms with Crippen molar-refractivity contribution in [3.63, 3.8) is 0 Å². The zero-order chi connectivity index (χ0) is 15.6. The third kappa shape index (κ3) is 4.09. The number of rotatable bonds is 4. The van der Waals surface area contributed by atoms with E-state index in [9.17, 15) is 19.5 Å². The van der Waals surface area contributed by atoms with Crippen LogP contribution < -0.4 is 10.6 Å². The van der Waals surface area contributed by atoms with Crippen molar-refractivity contribution < 1.29 is 19.5 Å². The van der Waals surface area contributed by atoms with Crippen LogP contribution in [0.1, 0.15) is 39.5 Å². The standard InChI is InChI=1S/C14H23N3O4/c1-8-5-6-17(11(7-8)13(19)20)14(21)15-9(2)12(18)16-10-3-4-10/h8-11H,3-7H2,1-2H3,(H,15,21)(H,16,18)(H,19,20). The second kappa shape index (κ2) is 6.32. The number of nitrogens with zero attached hydrogens (tertiary/aromatic N) is 1. The second-order valence-electron chi connectivity index (χ2n) is 6.13. The van der Waals surface area contributed by atoms with Crippen molar-refractivity contribution in [2.24, 2.45) is 5.92 Å². The SMILES string of the molecule is CC1CCN(C(=O)NC(C)C(=O)NC2CC2)C(C(=O)O)C1. The van der Waals surface area contributed by atoms with Gasteiger partial charge in [-0.1, -0.05) is 6.92 Å². The van der Waals surface area contributed by atoms with Gasteiger partial charge in [0, 0.05) is 12.6 Å². The first-order valence-electron chi connectivity index (χ1n) is 7.48. The minimum absolute atomic E-state index is 0.219. The zero-order valence-electron chi connectivity index (χ0n) is 12.5. The lowest BCUT2D eigenvalue weighted by Crippen LogP contribution is -2.56. The van der Waals surface area contributed by atoms with Gasteiger partial charge in [-0.15, -0.1) is 0 Å². The van der Waals surface area contributed by atoms with Gasteiger partial charge < -0.3 is 20.6 Å². The molecule has 3 atom stereocenters. The number of carbonyl (C=O) groups is 3. The van der Waals surface area contributed by atoms with Crippen LogP contribution in [0.15, 0.2) is 0 Å². The number of likely N-dealkylation sites (tertiary alicyclic amines) is 1. The van der Waals surface area contributed by atoms with Gasteiger partial charge in [-0.3, -0.25) is 4.79 Å². The molecule has 0 aromatic rings. The van der Waals surface area contributed by atoms with E-state index in [1.807, 2.05) is 6.92 Å². The highest BCUT2D eigenvalue weighted by Crippen LogP contribution is 2.23. The highest BCUT2D eigenvalue weighted by molar-refractivity contribution is 5.88. The molecule has 1 heterocycles. The van der Waals surface area contributed by atoms with Crippen LogP contribution in [0.5, 0.6) is 0 Å². The summed E-state index contributed by atoms with van der Waals surface area (Å²) < 4.78 is 0. The van der Waals surface area contributed by atoms with Crippen molar-refractivity contribution in [2.45, 2.75) is 57.7 Å². The normalized spacial score (nSPS) is 26.9. The predicted molar refractivity (Wildman–Crippen MR) is 75.7 cm³/mol. The van der Waals surface area contributed by atoms with E-state index in [-0.39, 0.29) is 17.9 Å². The largest absolute Gasteiger partial charge is 0.480 e. The molecule has 21 heavy (non-hydrogen) atoms. The van der Waals surface area contributed by atoms with Gasteiger partial charge >= 0.3 is 12.0 Å². The minimum atomic E-state index is -0.994. The molecule has 1 aliphatic heterocycles. The van der Waals surface area contributed by atoms with Crippen LogP contribution in [0.2, 0.25) is 0 Å². The molecule has 3 N–H and O–H groups in total. The Morgan fingerprint density at radius 3 is 2.48 bits per heavy atom. The van der Waals surface area contributed by atoms with E-state index in [0.29, 0.717) is 13.0 Å². The first-order chi connectivity index (χ1) is 9.88. The average molecular weight is 297 g/mol. The number of urea groups is 1. The fourth-order valence-corrected chi connectivity index (χ4v) is 2.51. The molecular weight excluding hydrogens is 274 g/mol. The summed E-state index contributed by atoms with van der Waals surface area (Å²) >= 11 is 0. The summed E-state index contributed by atoms with van der Waals surface area (Å²) in [5, 5.41) is 14.7. The van der Waals surface area contributed by atoms with Gasteiger partial charge in [0.15, 0.2) is 0 Å². The molecule has 1 saturated carbocycles. The summed E-state index contributed by atoms with van der Waals surface area (Å²) in [6, 6.07) is -1.72. The Labute approximate surface area is 124 Å². The number of nitrogens with one attached hydrogen (secondary N) is 2. The topological polar surface area (TPSA) is 98.7 Å². The van der Waals surface area contributed by atoms with Gasteiger partial charge in [-0.2, -0.15) is 0 Å². The molecule has 2 fully saturated rings. The molecule has 2 aliphatic rings. The lowest BCUT2D eigenvalue weighted by molar-refractivity contribution is -0.143. The number of carbonyl (C=O) groups excluding carboxylic acids is 2. The van der Waals surface area contributed by atoms with E-state index in [2.05, 4.69) is 10.6 Å². The van der Waals surface area contributed by atoms with E-state index in [4.69, 9.17) is 0 Å². The smallest absolute Gasteiger partial charge is 0.326 e. The van der Waals surface area contributed by atoms with Crippen molar-refractivity contribution >= 4 is 17.9 Å². The molecule has 0 aromatic heterocycles. The third-order valence-corrected chi connectivity index (χ3v) is 4.07. The van der Waals surface area contributed by atoms with Gasteiger partial charge in [0.25, 0.3) is 0 Å². The summed E-state index contributed by atoms with van der Waals surface area (Å²) in [5.74, 6) is -0.930. The lowest BCUT2D eigenvalue weighted by atomic mass is 9.93. The van der Waals surface area contributed by atoms with Crippen LogP contribution in [0.4, 0.5) is 4.79 Å². The summed E-state index contributed by atoms with van der Waals surface area (Å²) in [5.41, 5.74) is 0. The molecule has 0 aromatic carbocycles. The first-order valence-corrected chi connectivity index (χ1v) is 7.48. The summed E-state index contributed by atoms with van der Waals surface area (Å²) in [6.07, 6.45) is 3.19. The number of amides is 3. The molecule has 0 bridgehead atoms. The van der Waals surface area contributed by atoms with Gasteiger partial charge in [-0.25, -0.2) is 9.59 Å². The number of hydrogen-bond donors (Lipinski definition) is 3. The Morgan fingerprint density at radius 1 is 1.24 bits per heavy atom. The van der Waals surface area contributed by atoms with Gasteiger partial charge in [-0.05, 0) is 38.5 Å². The monoisotopic (exact) mass is 297 g/mol. The van der Waals surface area contributed by atoms with Crippen molar-refractivity contribution in [3.05, 3.63) is 0 Å². The average Bonchev–Trinajstić information content (AvgIpc) is 3.22. The van der Waals surface area contributed by atoms with Crippen molar-refractivity contribution in [1.29, 1.82) is 0 Å². The maximum Gasteiger partial charge on any atom is 0.326 e. The molecular formula is C14H23N3O4. The second-order valence-corrected chi connectivity index (χ2v) is 6.13. The van der Waals surface area contributed by atoms with E-state index in [0.717, 1.165) is 19.3 Å². The Balaban J connectivity index is 1.90. The van der Waals surface area contributed by atoms with Gasteiger partial charge in [0.1, 0.15) is 12.1 Å². The highest BCUT2D eigenvalue weighted by atomic mass is 16.4. The lowest BCUT2D eigenvalue weighted by Gasteiger charge is -2.36.